The van der Waals surface area contributed by atoms with E-state index in [0.29, 0.717) is 38.3 Å². The van der Waals surface area contributed by atoms with Crippen LogP contribution >= 0.6 is 23.2 Å². The van der Waals surface area contributed by atoms with Crippen molar-refractivity contribution in [1.29, 1.82) is 0 Å². The first-order valence-electron chi connectivity index (χ1n) is 24.2. The first-order chi connectivity index (χ1) is 33.8. The van der Waals surface area contributed by atoms with Crippen LogP contribution in [-0.4, -0.2) is 43.0 Å². The van der Waals surface area contributed by atoms with E-state index in [9.17, 15) is 39.0 Å². The second kappa shape index (κ2) is 28.1. The molecule has 70 heavy (non-hydrogen) atoms. The van der Waals surface area contributed by atoms with E-state index in [0.717, 1.165) is 56.1 Å². The molecule has 2 aromatic heterocycles. The molecule has 14 nitrogen and oxygen atoms in total. The van der Waals surface area contributed by atoms with Crippen molar-refractivity contribution < 1.29 is 29.4 Å². The molecule has 0 bridgehead atoms. The van der Waals surface area contributed by atoms with Gasteiger partial charge >= 0.3 is 0 Å². The molecule has 372 valence electrons. The summed E-state index contributed by atoms with van der Waals surface area (Å²) in [6.45, 7) is 4.69. The predicted octanol–water partition coefficient (Wildman–Crippen LogP) is 10.6. The van der Waals surface area contributed by atoms with Gasteiger partial charge in [-0.3, -0.25) is 50.5 Å². The van der Waals surface area contributed by atoms with Crippen molar-refractivity contribution in [3.8, 4) is 11.5 Å². The number of pyridine rings is 2. The average molecular weight is 996 g/mol. The SMILES string of the molecule is CCCCCCCC(=O)NNC(=O)c1c(O)c2ccc(Cl)cc2n(Cc2ccccc2)c1=O.CCCCCCCCCCCC(=O)NNC(=O)c1c(O)c2ccc(Cl)cc2n(Cc2ccccc2)c1=O. The minimum atomic E-state index is -0.879. The van der Waals surface area contributed by atoms with Crippen molar-refractivity contribution in [2.75, 3.05) is 0 Å². The number of hydrogen-bond acceptors (Lipinski definition) is 8. The summed E-state index contributed by atoms with van der Waals surface area (Å²) in [5, 5.41) is 23.0. The second-order valence-electron chi connectivity index (χ2n) is 17.3. The van der Waals surface area contributed by atoms with Crippen molar-refractivity contribution >= 4 is 68.6 Å². The molecule has 0 aliphatic carbocycles. The summed E-state index contributed by atoms with van der Waals surface area (Å²) in [5.41, 5.74) is 9.51. The molecule has 0 saturated carbocycles. The Morgan fingerprint density at radius 3 is 1.17 bits per heavy atom. The van der Waals surface area contributed by atoms with Crippen LogP contribution in [0.3, 0.4) is 0 Å². The Morgan fingerprint density at radius 2 is 0.814 bits per heavy atom. The Labute approximate surface area is 418 Å². The summed E-state index contributed by atoms with van der Waals surface area (Å²) in [5.74, 6) is -3.35. The maximum Gasteiger partial charge on any atom is 0.279 e. The molecule has 4 aromatic carbocycles. The fraction of sp³-hybridized carbons (Fsp3) is 0.370. The van der Waals surface area contributed by atoms with Crippen LogP contribution in [0, 0.1) is 0 Å². The van der Waals surface area contributed by atoms with Crippen molar-refractivity contribution in [2.24, 2.45) is 0 Å². The van der Waals surface area contributed by atoms with Crippen LogP contribution in [0.1, 0.15) is 148 Å². The Balaban J connectivity index is 0.000000262. The van der Waals surface area contributed by atoms with Gasteiger partial charge in [0.05, 0.1) is 24.1 Å². The fourth-order valence-electron chi connectivity index (χ4n) is 8.06. The van der Waals surface area contributed by atoms with Crippen LogP contribution in [0.25, 0.3) is 21.8 Å². The number of amides is 4. The van der Waals surface area contributed by atoms with Crippen LogP contribution in [-0.2, 0) is 22.7 Å². The van der Waals surface area contributed by atoms with E-state index in [1.165, 1.54) is 47.7 Å². The average Bonchev–Trinajstić information content (AvgIpc) is 3.35. The summed E-state index contributed by atoms with van der Waals surface area (Å²) in [6.07, 6.45) is 15.7. The lowest BCUT2D eigenvalue weighted by atomic mass is 10.1. The Morgan fingerprint density at radius 1 is 0.471 bits per heavy atom. The Kier molecular flexibility index (Phi) is 21.8. The zero-order valence-corrected chi connectivity index (χ0v) is 41.5. The van der Waals surface area contributed by atoms with Crippen LogP contribution in [0.4, 0.5) is 0 Å². The molecule has 0 spiro atoms. The number of carbonyl (C=O) groups excluding carboxylic acids is 4. The van der Waals surface area contributed by atoms with Crippen molar-refractivity contribution in [3.63, 3.8) is 0 Å². The van der Waals surface area contributed by atoms with E-state index in [-0.39, 0.29) is 37.7 Å². The molecular weight excluding hydrogens is 932 g/mol. The number of carbonyl (C=O) groups is 4. The molecule has 16 heteroatoms. The largest absolute Gasteiger partial charge is 0.506 e. The first kappa shape index (κ1) is 54.3. The number of nitrogens with zero attached hydrogens (tertiary/aromatic N) is 2. The highest BCUT2D eigenvalue weighted by Gasteiger charge is 2.25. The Hall–Kier alpha value is -6.64. The monoisotopic (exact) mass is 994 g/mol. The van der Waals surface area contributed by atoms with Gasteiger partial charge in [0.25, 0.3) is 22.9 Å². The summed E-state index contributed by atoms with van der Waals surface area (Å²) < 4.78 is 2.79. The number of hydrazine groups is 2. The highest BCUT2D eigenvalue weighted by Crippen LogP contribution is 2.30. The summed E-state index contributed by atoms with van der Waals surface area (Å²) >= 11 is 12.3. The van der Waals surface area contributed by atoms with Gasteiger partial charge in [0, 0.05) is 33.7 Å². The molecule has 6 aromatic rings. The number of hydrogen-bond donors (Lipinski definition) is 6. The third-order valence-corrected chi connectivity index (χ3v) is 12.3. The van der Waals surface area contributed by atoms with Crippen LogP contribution < -0.4 is 32.8 Å². The lowest BCUT2D eigenvalue weighted by Crippen LogP contribution is -2.44. The van der Waals surface area contributed by atoms with Gasteiger partial charge in [-0.15, -0.1) is 0 Å². The third-order valence-electron chi connectivity index (χ3n) is 11.9. The van der Waals surface area contributed by atoms with Crippen LogP contribution in [0.15, 0.2) is 107 Å². The number of rotatable bonds is 22. The van der Waals surface area contributed by atoms with E-state index in [4.69, 9.17) is 23.2 Å². The topological polar surface area (TPSA) is 201 Å². The number of fused-ring (bicyclic) bond motifs is 2. The van der Waals surface area contributed by atoms with Gasteiger partial charge in [-0.1, -0.05) is 175 Å². The molecule has 4 amide bonds. The molecule has 2 heterocycles. The molecule has 6 N–H and O–H groups in total. The molecule has 0 unspecified atom stereocenters. The van der Waals surface area contributed by atoms with E-state index >= 15 is 0 Å². The zero-order chi connectivity index (χ0) is 50.4. The van der Waals surface area contributed by atoms with Gasteiger partial charge in [-0.2, -0.15) is 0 Å². The highest BCUT2D eigenvalue weighted by molar-refractivity contribution is 6.31. The molecule has 6 rings (SSSR count). The van der Waals surface area contributed by atoms with Gasteiger partial charge in [-0.05, 0) is 60.4 Å². The molecule has 0 aliphatic heterocycles. The maximum atomic E-state index is 13.3. The lowest BCUT2D eigenvalue weighted by molar-refractivity contribution is -0.122. The van der Waals surface area contributed by atoms with E-state index in [2.05, 4.69) is 35.6 Å². The minimum Gasteiger partial charge on any atom is -0.506 e. The number of unbranched alkanes of at least 4 members (excludes halogenated alkanes) is 12. The van der Waals surface area contributed by atoms with Gasteiger partial charge in [0.1, 0.15) is 22.6 Å². The summed E-state index contributed by atoms with van der Waals surface area (Å²) in [7, 11) is 0. The number of aromatic hydroxyl groups is 2. The van der Waals surface area contributed by atoms with Gasteiger partial charge in [0.2, 0.25) is 11.8 Å². The van der Waals surface area contributed by atoms with Crippen molar-refractivity contribution in [2.45, 2.75) is 130 Å². The standard InChI is InChI=1S/C29H36ClN3O4.C25H28ClN3O4/c1-2-3-4-5-6-7-8-9-13-16-25(34)31-32-28(36)26-27(35)23-18-17-22(30)19-24(23)33(29(26)37)20-21-14-11-10-12-15-21;1-2-3-4-5-9-12-21(30)27-28-24(32)22-23(31)19-14-13-18(26)15-20(19)29(25(22)33)16-17-10-7-6-8-11-17/h10-12,14-15,17-19,35H,2-9,13,16,20H2,1H3,(H,31,34)(H,32,36);6-8,10-11,13-15,31H,2-5,9,12,16H2,1H3,(H,27,30)(H,28,32). The Bertz CT molecular complexity index is 2830. The third kappa shape index (κ3) is 15.7. The summed E-state index contributed by atoms with van der Waals surface area (Å²) in [4.78, 5) is 76.6. The molecular formula is C54H64Cl2N6O8. The molecule has 0 aliphatic rings. The minimum absolute atomic E-state index is 0.182. The van der Waals surface area contributed by atoms with E-state index in [1.54, 1.807) is 36.4 Å². The second-order valence-corrected chi connectivity index (χ2v) is 18.1. The molecule has 0 saturated heterocycles. The van der Waals surface area contributed by atoms with Crippen molar-refractivity contribution in [3.05, 3.63) is 150 Å². The van der Waals surface area contributed by atoms with Gasteiger partial charge in [-0.25, -0.2) is 0 Å². The van der Waals surface area contributed by atoms with Crippen LogP contribution in [0.2, 0.25) is 10.0 Å². The van der Waals surface area contributed by atoms with Gasteiger partial charge in [0.15, 0.2) is 0 Å². The quantitative estimate of drug-likeness (QED) is 0.0285. The molecule has 0 atom stereocenters. The van der Waals surface area contributed by atoms with E-state index in [1.807, 2.05) is 60.7 Å². The van der Waals surface area contributed by atoms with Crippen LogP contribution in [0.5, 0.6) is 11.5 Å². The maximum absolute atomic E-state index is 13.3. The molecule has 0 radical (unpaired) electrons. The fourth-order valence-corrected chi connectivity index (χ4v) is 8.39. The smallest absolute Gasteiger partial charge is 0.279 e. The zero-order valence-electron chi connectivity index (χ0n) is 40.0. The number of halogens is 2. The number of aromatic nitrogens is 2. The lowest BCUT2D eigenvalue weighted by Gasteiger charge is -2.16. The van der Waals surface area contributed by atoms with Gasteiger partial charge < -0.3 is 19.3 Å². The van der Waals surface area contributed by atoms with E-state index < -0.39 is 45.6 Å². The molecule has 0 fully saturated rings. The summed E-state index contributed by atoms with van der Waals surface area (Å²) in [6, 6.07) is 28.0. The normalized spacial score (nSPS) is 10.9. The highest BCUT2D eigenvalue weighted by atomic mass is 35.5. The van der Waals surface area contributed by atoms with Crippen molar-refractivity contribution in [1.82, 2.24) is 30.8 Å². The predicted molar refractivity (Wildman–Crippen MR) is 277 cm³/mol. The number of benzene rings is 4. The first-order valence-corrected chi connectivity index (χ1v) is 25.0. The number of nitrogens with one attached hydrogen (secondary N) is 4.